The van der Waals surface area contributed by atoms with Crippen molar-refractivity contribution in [2.45, 2.75) is 19.0 Å². The van der Waals surface area contributed by atoms with Crippen LogP contribution >= 0.6 is 0 Å². The molecule has 1 fully saturated rings. The second-order valence-corrected chi connectivity index (χ2v) is 5.92. The molecule has 3 nitrogen and oxygen atoms in total. The van der Waals surface area contributed by atoms with E-state index in [1.54, 1.807) is 7.11 Å². The van der Waals surface area contributed by atoms with Gasteiger partial charge in [0.1, 0.15) is 5.75 Å². The number of hydrogen-bond acceptors (Lipinski definition) is 3. The molecule has 3 rings (SSSR count). The maximum atomic E-state index is 5.22. The maximum Gasteiger partial charge on any atom is 0.118 e. The summed E-state index contributed by atoms with van der Waals surface area (Å²) in [5, 5.41) is 3.64. The summed E-state index contributed by atoms with van der Waals surface area (Å²) in [6.07, 6.45) is 1.06. The molecule has 1 N–H and O–H groups in total. The molecule has 0 radical (unpaired) electrons. The lowest BCUT2D eigenvalue weighted by Gasteiger charge is -2.34. The lowest BCUT2D eigenvalue weighted by atomic mass is 10.0. The van der Waals surface area contributed by atoms with Crippen LogP contribution in [-0.4, -0.2) is 37.7 Å². The molecular weight excluding hydrogens is 272 g/mol. The van der Waals surface area contributed by atoms with Crippen molar-refractivity contribution in [2.24, 2.45) is 0 Å². The van der Waals surface area contributed by atoms with E-state index in [0.29, 0.717) is 6.04 Å². The summed E-state index contributed by atoms with van der Waals surface area (Å²) in [6, 6.07) is 19.7. The first-order valence-corrected chi connectivity index (χ1v) is 7.96. The second kappa shape index (κ2) is 7.43. The third-order valence-corrected chi connectivity index (χ3v) is 4.23. The van der Waals surface area contributed by atoms with E-state index in [2.05, 4.69) is 52.7 Å². The van der Waals surface area contributed by atoms with E-state index in [-0.39, 0.29) is 0 Å². The zero-order valence-corrected chi connectivity index (χ0v) is 13.2. The first-order valence-electron chi connectivity index (χ1n) is 7.96. The Morgan fingerprint density at radius 2 is 1.82 bits per heavy atom. The monoisotopic (exact) mass is 296 g/mol. The molecule has 1 atom stereocenters. The Labute approximate surface area is 132 Å². The Balaban J connectivity index is 1.55. The van der Waals surface area contributed by atoms with Gasteiger partial charge < -0.3 is 10.1 Å². The molecule has 0 aromatic heterocycles. The molecule has 0 bridgehead atoms. The van der Waals surface area contributed by atoms with Gasteiger partial charge in [0.15, 0.2) is 0 Å². The molecule has 1 saturated heterocycles. The second-order valence-electron chi connectivity index (χ2n) is 5.92. The summed E-state index contributed by atoms with van der Waals surface area (Å²) in [4.78, 5) is 2.54. The van der Waals surface area contributed by atoms with E-state index in [1.807, 2.05) is 12.1 Å². The first kappa shape index (κ1) is 15.1. The molecule has 22 heavy (non-hydrogen) atoms. The van der Waals surface area contributed by atoms with Gasteiger partial charge in [-0.1, -0.05) is 42.5 Å². The number of nitrogens with one attached hydrogen (secondary N) is 1. The van der Waals surface area contributed by atoms with Crippen molar-refractivity contribution in [1.82, 2.24) is 10.2 Å². The minimum absolute atomic E-state index is 0.519. The predicted octanol–water partition coefficient (Wildman–Crippen LogP) is 2.71. The van der Waals surface area contributed by atoms with Crippen LogP contribution < -0.4 is 10.1 Å². The van der Waals surface area contributed by atoms with Crippen LogP contribution in [0.15, 0.2) is 54.6 Å². The molecule has 2 aromatic carbocycles. The molecule has 1 heterocycles. The third kappa shape index (κ3) is 4.09. The van der Waals surface area contributed by atoms with E-state index in [0.717, 1.165) is 38.3 Å². The number of hydrogen-bond donors (Lipinski definition) is 1. The van der Waals surface area contributed by atoms with Gasteiger partial charge in [-0.05, 0) is 29.7 Å². The molecular formula is C19H24N2O. The largest absolute Gasteiger partial charge is 0.497 e. The molecule has 0 spiro atoms. The summed E-state index contributed by atoms with van der Waals surface area (Å²) >= 11 is 0. The van der Waals surface area contributed by atoms with Crippen molar-refractivity contribution in [3.63, 3.8) is 0 Å². The molecule has 0 unspecified atom stereocenters. The van der Waals surface area contributed by atoms with Crippen LogP contribution in [0.2, 0.25) is 0 Å². The normalized spacial score (nSPS) is 19.0. The van der Waals surface area contributed by atoms with Crippen LogP contribution in [0.5, 0.6) is 5.75 Å². The summed E-state index contributed by atoms with van der Waals surface area (Å²) in [5.74, 6) is 0.922. The predicted molar refractivity (Wildman–Crippen MR) is 90.2 cm³/mol. The van der Waals surface area contributed by atoms with E-state index in [4.69, 9.17) is 4.74 Å². The van der Waals surface area contributed by atoms with Crippen LogP contribution in [0, 0.1) is 0 Å². The van der Waals surface area contributed by atoms with E-state index < -0.39 is 0 Å². The minimum atomic E-state index is 0.519. The minimum Gasteiger partial charge on any atom is -0.497 e. The highest BCUT2D eigenvalue weighted by Gasteiger charge is 2.19. The number of rotatable bonds is 5. The third-order valence-electron chi connectivity index (χ3n) is 4.23. The van der Waals surface area contributed by atoms with Crippen molar-refractivity contribution >= 4 is 0 Å². The maximum absolute atomic E-state index is 5.22. The van der Waals surface area contributed by atoms with Crippen molar-refractivity contribution in [3.05, 3.63) is 65.7 Å². The van der Waals surface area contributed by atoms with Crippen molar-refractivity contribution in [1.29, 1.82) is 0 Å². The fraction of sp³-hybridized carbons (Fsp3) is 0.368. The van der Waals surface area contributed by atoms with Gasteiger partial charge in [0.25, 0.3) is 0 Å². The van der Waals surface area contributed by atoms with Gasteiger partial charge in [0, 0.05) is 32.2 Å². The Hall–Kier alpha value is -1.84. The van der Waals surface area contributed by atoms with Crippen molar-refractivity contribution in [2.75, 3.05) is 26.7 Å². The Morgan fingerprint density at radius 1 is 1.05 bits per heavy atom. The van der Waals surface area contributed by atoms with Gasteiger partial charge in [0.05, 0.1) is 7.11 Å². The highest BCUT2D eigenvalue weighted by molar-refractivity contribution is 5.27. The van der Waals surface area contributed by atoms with Gasteiger partial charge in [0.2, 0.25) is 0 Å². The average molecular weight is 296 g/mol. The van der Waals surface area contributed by atoms with Crippen molar-refractivity contribution < 1.29 is 4.74 Å². The van der Waals surface area contributed by atoms with Gasteiger partial charge >= 0.3 is 0 Å². The molecule has 0 aliphatic carbocycles. The fourth-order valence-corrected chi connectivity index (χ4v) is 3.06. The van der Waals surface area contributed by atoms with Crippen LogP contribution in [0.3, 0.4) is 0 Å². The average Bonchev–Trinajstić information content (AvgIpc) is 2.57. The molecule has 1 aliphatic rings. The molecule has 116 valence electrons. The van der Waals surface area contributed by atoms with Gasteiger partial charge in [-0.3, -0.25) is 4.90 Å². The number of methoxy groups -OCH3 is 1. The number of piperazine rings is 1. The summed E-state index contributed by atoms with van der Waals surface area (Å²) in [5.41, 5.74) is 2.76. The topological polar surface area (TPSA) is 24.5 Å². The number of benzene rings is 2. The van der Waals surface area contributed by atoms with Crippen molar-refractivity contribution in [3.8, 4) is 5.75 Å². The zero-order valence-electron chi connectivity index (χ0n) is 13.2. The molecule has 0 saturated carbocycles. The number of ether oxygens (including phenoxy) is 1. The first-order chi connectivity index (χ1) is 10.8. The van der Waals surface area contributed by atoms with E-state index in [9.17, 15) is 0 Å². The van der Waals surface area contributed by atoms with Gasteiger partial charge in [-0.15, -0.1) is 0 Å². The fourth-order valence-electron chi connectivity index (χ4n) is 3.06. The van der Waals surface area contributed by atoms with E-state index >= 15 is 0 Å². The summed E-state index contributed by atoms with van der Waals surface area (Å²) < 4.78 is 5.22. The number of nitrogens with zero attached hydrogens (tertiary/aromatic N) is 1. The standard InChI is InChI=1S/C19H24N2O/c1-22-19-9-7-16(8-10-19)13-18-15-21(12-11-20-18)14-17-5-3-2-4-6-17/h2-10,18,20H,11-15H2,1H3/t18-/m1/s1. The molecule has 1 aliphatic heterocycles. The molecule has 2 aromatic rings. The Kier molecular flexibility index (Phi) is 5.09. The smallest absolute Gasteiger partial charge is 0.118 e. The molecule has 3 heteroatoms. The van der Waals surface area contributed by atoms with E-state index in [1.165, 1.54) is 11.1 Å². The Bertz CT molecular complexity index is 568. The quantitative estimate of drug-likeness (QED) is 0.918. The molecule has 0 amide bonds. The summed E-state index contributed by atoms with van der Waals surface area (Å²) in [6.45, 7) is 4.32. The summed E-state index contributed by atoms with van der Waals surface area (Å²) in [7, 11) is 1.71. The van der Waals surface area contributed by atoms with Gasteiger partial charge in [-0.2, -0.15) is 0 Å². The Morgan fingerprint density at radius 3 is 2.55 bits per heavy atom. The zero-order chi connectivity index (χ0) is 15.2. The highest BCUT2D eigenvalue weighted by Crippen LogP contribution is 2.15. The van der Waals surface area contributed by atoms with Crippen LogP contribution in [0.25, 0.3) is 0 Å². The SMILES string of the molecule is COc1ccc(C[C@@H]2CN(Cc3ccccc3)CCN2)cc1. The van der Waals surface area contributed by atoms with Crippen LogP contribution in [-0.2, 0) is 13.0 Å². The van der Waals surface area contributed by atoms with Crippen LogP contribution in [0.4, 0.5) is 0 Å². The lowest BCUT2D eigenvalue weighted by Crippen LogP contribution is -2.51. The highest BCUT2D eigenvalue weighted by atomic mass is 16.5. The van der Waals surface area contributed by atoms with Gasteiger partial charge in [-0.25, -0.2) is 0 Å². The van der Waals surface area contributed by atoms with Crippen LogP contribution in [0.1, 0.15) is 11.1 Å². The lowest BCUT2D eigenvalue weighted by molar-refractivity contribution is 0.192.